The van der Waals surface area contributed by atoms with Crippen molar-refractivity contribution in [3.63, 3.8) is 0 Å². The minimum absolute atomic E-state index is 0. The molecule has 0 spiro atoms. The van der Waals surface area contributed by atoms with Crippen LogP contribution in [0, 0.1) is 46.3 Å². The Morgan fingerprint density at radius 1 is 0.735 bits per heavy atom. The number of hydrogen-bond acceptors (Lipinski definition) is 6. The summed E-state index contributed by atoms with van der Waals surface area (Å²) in [5.74, 6) is 2.04. The zero-order chi connectivity index (χ0) is 33.2. The molecule has 4 aliphatic carbocycles. The Morgan fingerprint density at radius 3 is 1.92 bits per heavy atom. The smallest absolute Gasteiger partial charge is 0.372 e. The monoisotopic (exact) mass is 716 g/mol. The molecule has 0 N–H and O–H groups in total. The Bertz CT molecular complexity index is 1410. The van der Waals surface area contributed by atoms with Crippen LogP contribution in [-0.4, -0.2) is 37.2 Å². The fraction of sp³-hybridized carbons (Fsp3) is 0.667. The van der Waals surface area contributed by atoms with E-state index in [0.717, 1.165) is 51.4 Å². The van der Waals surface area contributed by atoms with E-state index in [1.807, 2.05) is 70.3 Å². The molecule has 0 aromatic carbocycles. The van der Waals surface area contributed by atoms with E-state index in [0.29, 0.717) is 41.9 Å². The van der Waals surface area contributed by atoms with Crippen molar-refractivity contribution in [3.05, 3.63) is 61.2 Å². The van der Waals surface area contributed by atoms with Crippen molar-refractivity contribution < 1.29 is 62.5 Å². The summed E-state index contributed by atoms with van der Waals surface area (Å²) in [7, 11) is 1.47. The van der Waals surface area contributed by atoms with Gasteiger partial charge in [0.1, 0.15) is 12.2 Å². The molecule has 0 unspecified atom stereocenters. The highest BCUT2D eigenvalue weighted by molar-refractivity contribution is 5.69. The summed E-state index contributed by atoms with van der Waals surface area (Å²) in [5, 5.41) is 0. The van der Waals surface area contributed by atoms with Gasteiger partial charge in [-0.25, -0.2) is 9.59 Å². The lowest BCUT2D eigenvalue weighted by molar-refractivity contribution is -0.686. The second-order valence-corrected chi connectivity index (χ2v) is 15.6. The summed E-state index contributed by atoms with van der Waals surface area (Å²) >= 11 is 0. The molecule has 0 amide bonds. The van der Waals surface area contributed by atoms with Crippen LogP contribution < -0.4 is 33.9 Å². The molecule has 10 atom stereocenters. The fourth-order valence-corrected chi connectivity index (χ4v) is 10.8. The molecule has 2 aromatic heterocycles. The average Bonchev–Trinajstić information content (AvgIpc) is 3.42. The number of carbonyl (C=O) groups is 3. The summed E-state index contributed by atoms with van der Waals surface area (Å²) in [6.45, 7) is 7.70. The third-order valence-corrected chi connectivity index (χ3v) is 13.2. The Morgan fingerprint density at radius 2 is 1.31 bits per heavy atom. The zero-order valence-corrected chi connectivity index (χ0v) is 31.0. The van der Waals surface area contributed by atoms with E-state index in [9.17, 15) is 14.4 Å². The number of nitrogens with zero attached hydrogens (tertiary/aromatic N) is 2. The van der Waals surface area contributed by atoms with Crippen LogP contribution in [0.15, 0.2) is 61.2 Å². The predicted octanol–water partition coefficient (Wildman–Crippen LogP) is -0.348. The van der Waals surface area contributed by atoms with E-state index < -0.39 is 0 Å². The first-order valence-corrected chi connectivity index (χ1v) is 17.9. The maximum atomic E-state index is 13.5. The molecule has 10 heteroatoms. The Labute approximate surface area is 304 Å². The molecule has 4 saturated carbocycles. The third kappa shape index (κ3) is 8.27. The largest absolute Gasteiger partial charge is 1.00 e. The minimum atomic E-state index is -0.196. The van der Waals surface area contributed by atoms with Crippen molar-refractivity contribution in [2.75, 3.05) is 7.11 Å². The second kappa shape index (κ2) is 16.5. The average molecular weight is 718 g/mol. The van der Waals surface area contributed by atoms with Gasteiger partial charge in [0.2, 0.25) is 13.1 Å². The van der Waals surface area contributed by atoms with Crippen molar-refractivity contribution in [3.8, 4) is 0 Å². The predicted molar refractivity (Wildman–Crippen MR) is 174 cm³/mol. The SMILES string of the molecule is COC(=O)CC[C@@H](C)[C@H]1CC[C@H]2[C@@H]3[C@H](OC(=O)C[n+]4ccccc4)C[C@@H]4C[C@H](OC(=O)C[n+]5ccccc5)CC[C@]4(C)[C@H]3CC[C@]12C.[Cl-].[Cl-]. The van der Waals surface area contributed by atoms with Crippen LogP contribution in [-0.2, 0) is 41.7 Å². The lowest BCUT2D eigenvalue weighted by Crippen LogP contribution is -3.00. The molecule has 6 rings (SSSR count). The molecular formula is C39H54Cl2N2O6. The van der Waals surface area contributed by atoms with E-state index in [1.54, 1.807) is 0 Å². The highest BCUT2D eigenvalue weighted by Crippen LogP contribution is 2.69. The van der Waals surface area contributed by atoms with Crippen molar-refractivity contribution >= 4 is 17.9 Å². The summed E-state index contributed by atoms with van der Waals surface area (Å²) < 4.78 is 21.3. The van der Waals surface area contributed by atoms with Crippen molar-refractivity contribution in [1.82, 2.24) is 0 Å². The Balaban J connectivity index is 0.00000270. The van der Waals surface area contributed by atoms with Crippen molar-refractivity contribution in [2.24, 2.45) is 46.3 Å². The first kappa shape index (κ1) is 39.1. The number of methoxy groups -OCH3 is 1. The van der Waals surface area contributed by atoms with Gasteiger partial charge in [0, 0.05) is 36.6 Å². The molecule has 49 heavy (non-hydrogen) atoms. The molecule has 8 nitrogen and oxygen atoms in total. The Hall–Kier alpha value is -2.71. The molecule has 0 aliphatic heterocycles. The highest BCUT2D eigenvalue weighted by Gasteiger charge is 2.64. The maximum Gasteiger partial charge on any atom is 0.372 e. The molecule has 0 saturated heterocycles. The number of halogens is 2. The number of fused-ring (bicyclic) bond motifs is 5. The number of hydrogen-bond donors (Lipinski definition) is 0. The van der Waals surface area contributed by atoms with E-state index in [2.05, 4.69) is 20.8 Å². The maximum absolute atomic E-state index is 13.5. The highest BCUT2D eigenvalue weighted by atomic mass is 35.5. The van der Waals surface area contributed by atoms with Crippen LogP contribution in [0.3, 0.4) is 0 Å². The van der Waals surface area contributed by atoms with Gasteiger partial charge in [0.15, 0.2) is 24.8 Å². The van der Waals surface area contributed by atoms with E-state index in [4.69, 9.17) is 14.2 Å². The number of rotatable bonds is 10. The lowest BCUT2D eigenvalue weighted by Gasteiger charge is -2.62. The first-order chi connectivity index (χ1) is 22.6. The van der Waals surface area contributed by atoms with Gasteiger partial charge in [0.05, 0.1) is 7.11 Å². The normalized spacial score (nSPS) is 33.6. The number of esters is 3. The van der Waals surface area contributed by atoms with Crippen LogP contribution in [0.5, 0.6) is 0 Å². The van der Waals surface area contributed by atoms with Crippen LogP contribution in [0.25, 0.3) is 0 Å². The quantitative estimate of drug-likeness (QED) is 0.190. The number of ether oxygens (including phenoxy) is 3. The van der Waals surface area contributed by atoms with E-state index in [-0.39, 0.29) is 78.8 Å². The lowest BCUT2D eigenvalue weighted by atomic mass is 9.43. The van der Waals surface area contributed by atoms with Crippen molar-refractivity contribution in [2.45, 2.75) is 110 Å². The van der Waals surface area contributed by atoms with Crippen LogP contribution in [0.1, 0.15) is 85.0 Å². The molecule has 270 valence electrons. The minimum Gasteiger partial charge on any atom is -1.00 e. The Kier molecular flexibility index (Phi) is 13.2. The fourth-order valence-electron chi connectivity index (χ4n) is 10.8. The molecule has 2 aromatic rings. The van der Waals surface area contributed by atoms with Crippen LogP contribution >= 0.6 is 0 Å². The summed E-state index contributed by atoms with van der Waals surface area (Å²) in [4.78, 5) is 38.5. The van der Waals surface area contributed by atoms with E-state index in [1.165, 1.54) is 13.5 Å². The zero-order valence-electron chi connectivity index (χ0n) is 29.5. The van der Waals surface area contributed by atoms with Gasteiger partial charge in [-0.15, -0.1) is 0 Å². The molecule has 2 heterocycles. The molecule has 4 aliphatic rings. The molecule has 4 fully saturated rings. The summed E-state index contributed by atoms with van der Waals surface area (Å²) in [5.41, 5.74) is 0.273. The van der Waals surface area contributed by atoms with E-state index >= 15 is 0 Å². The summed E-state index contributed by atoms with van der Waals surface area (Å²) in [6, 6.07) is 11.6. The van der Waals surface area contributed by atoms with Crippen LogP contribution in [0.2, 0.25) is 0 Å². The van der Waals surface area contributed by atoms with Gasteiger partial charge in [-0.3, -0.25) is 4.79 Å². The molecule has 0 bridgehead atoms. The number of carbonyl (C=O) groups excluding carboxylic acids is 3. The first-order valence-electron chi connectivity index (χ1n) is 17.9. The number of pyridine rings is 2. The molecule has 0 radical (unpaired) electrons. The van der Waals surface area contributed by atoms with Gasteiger partial charge in [0.25, 0.3) is 0 Å². The van der Waals surface area contributed by atoms with Gasteiger partial charge in [-0.2, -0.15) is 9.13 Å². The molecular weight excluding hydrogens is 663 g/mol. The number of aromatic nitrogens is 2. The van der Waals surface area contributed by atoms with Gasteiger partial charge in [-0.05, 0) is 98.2 Å². The topological polar surface area (TPSA) is 86.7 Å². The second-order valence-electron chi connectivity index (χ2n) is 15.6. The van der Waals surface area contributed by atoms with Crippen molar-refractivity contribution in [1.29, 1.82) is 0 Å². The summed E-state index contributed by atoms with van der Waals surface area (Å²) in [6.07, 6.45) is 16.8. The van der Waals surface area contributed by atoms with Gasteiger partial charge >= 0.3 is 17.9 Å². The van der Waals surface area contributed by atoms with Gasteiger partial charge < -0.3 is 39.0 Å². The van der Waals surface area contributed by atoms with Crippen LogP contribution in [0.4, 0.5) is 0 Å². The third-order valence-electron chi connectivity index (χ3n) is 13.2. The standard InChI is InChI=1S/C39H54N2O6.2ClH/c1-27(11-14-34(42)45-4)30-12-13-31-37-32(16-18-39(30,31)3)38(2)17-15-29(46-35(43)25-40-19-7-5-8-20-40)23-28(38)24-33(37)47-36(44)26-41-21-9-6-10-22-41;;/h5-10,19-22,27-33,37H,11-18,23-26H2,1-4H3;2*1H/q+2;;/p-2/t27-,28+,29-,30-,31+,32+,33-,37+,38+,39-;;/m1../s1. The van der Waals surface area contributed by atoms with Gasteiger partial charge in [-0.1, -0.05) is 32.9 Å².